The maximum atomic E-state index is 12.6. The number of esters is 2. The van der Waals surface area contributed by atoms with Crippen LogP contribution in [0.4, 0.5) is 10.9 Å². The lowest BCUT2D eigenvalue weighted by Gasteiger charge is -2.08. The zero-order valence-electron chi connectivity index (χ0n) is 18.6. The number of amides is 2. The average Bonchev–Trinajstić information content (AvgIpc) is 3.15. The number of ketones is 1. The molecule has 0 fully saturated rings. The fraction of sp³-hybridized carbons (Fsp3) is 0.381. The van der Waals surface area contributed by atoms with Crippen LogP contribution < -0.4 is 10.6 Å². The number of ether oxygens (including phenoxy) is 2. The molecule has 0 saturated carbocycles. The Labute approximate surface area is 188 Å². The highest BCUT2D eigenvalue weighted by Crippen LogP contribution is 2.33. The molecule has 0 atom stereocenters. The Morgan fingerprint density at radius 1 is 0.906 bits per heavy atom. The van der Waals surface area contributed by atoms with Crippen LogP contribution in [0.3, 0.4) is 0 Å². The number of carbonyl (C=O) groups excluding carboxylic acids is 5. The van der Waals surface area contributed by atoms with E-state index in [1.165, 1.54) is 32.1 Å². The summed E-state index contributed by atoms with van der Waals surface area (Å²) >= 11 is 1.22. The molecule has 0 bridgehead atoms. The number of rotatable bonds is 8. The van der Waals surface area contributed by atoms with E-state index in [0.29, 0.717) is 10.6 Å². The summed E-state index contributed by atoms with van der Waals surface area (Å²) in [5, 5.41) is 5.24. The van der Waals surface area contributed by atoms with Gasteiger partial charge in [0.2, 0.25) is 11.8 Å². The maximum absolute atomic E-state index is 12.6. The molecule has 2 aromatic heterocycles. The summed E-state index contributed by atoms with van der Waals surface area (Å²) in [6, 6.07) is 0. The Kier molecular flexibility index (Phi) is 7.92. The molecule has 10 nitrogen and oxygen atoms in total. The molecule has 0 unspecified atom stereocenters. The van der Waals surface area contributed by atoms with Gasteiger partial charge in [0, 0.05) is 11.8 Å². The van der Waals surface area contributed by atoms with E-state index in [-0.39, 0.29) is 40.8 Å². The van der Waals surface area contributed by atoms with Crippen LogP contribution >= 0.6 is 11.3 Å². The molecule has 32 heavy (non-hydrogen) atoms. The van der Waals surface area contributed by atoms with Gasteiger partial charge in [-0.05, 0) is 40.2 Å². The second-order valence-electron chi connectivity index (χ2n) is 6.81. The summed E-state index contributed by atoms with van der Waals surface area (Å²) in [4.78, 5) is 61.4. The van der Waals surface area contributed by atoms with E-state index < -0.39 is 30.2 Å². The van der Waals surface area contributed by atoms with Crippen LogP contribution in [0.15, 0.2) is 4.42 Å². The first-order chi connectivity index (χ1) is 15.0. The Morgan fingerprint density at radius 2 is 1.53 bits per heavy atom. The minimum absolute atomic E-state index is 0.0000619. The molecule has 0 radical (unpaired) electrons. The highest BCUT2D eigenvalue weighted by molar-refractivity contribution is 7.16. The van der Waals surface area contributed by atoms with Crippen LogP contribution in [0.2, 0.25) is 0 Å². The third-order valence-corrected chi connectivity index (χ3v) is 5.50. The molecule has 0 spiro atoms. The van der Waals surface area contributed by atoms with Gasteiger partial charge < -0.3 is 19.2 Å². The fourth-order valence-electron chi connectivity index (χ4n) is 2.94. The van der Waals surface area contributed by atoms with Gasteiger partial charge in [0.25, 0.3) is 5.91 Å². The van der Waals surface area contributed by atoms with Gasteiger partial charge in [0.15, 0.2) is 12.4 Å². The largest absolute Gasteiger partial charge is 0.462 e. The summed E-state index contributed by atoms with van der Waals surface area (Å²) in [7, 11) is 0. The number of thiophene rings is 1. The van der Waals surface area contributed by atoms with Gasteiger partial charge in [-0.1, -0.05) is 0 Å². The summed E-state index contributed by atoms with van der Waals surface area (Å²) in [6.07, 6.45) is 0. The molecule has 2 amide bonds. The monoisotopic (exact) mass is 464 g/mol. The maximum Gasteiger partial charge on any atom is 0.344 e. The van der Waals surface area contributed by atoms with Crippen LogP contribution in [0.25, 0.3) is 0 Å². The number of aryl methyl sites for hydroxylation is 2. The number of Topliss-reactive ketones (excluding diaryl/α,β-unsaturated/α-hetero) is 1. The predicted molar refractivity (Wildman–Crippen MR) is 116 cm³/mol. The summed E-state index contributed by atoms with van der Waals surface area (Å²) < 4.78 is 15.4. The lowest BCUT2D eigenvalue weighted by Crippen LogP contribution is -2.23. The number of hydrogen-bond donors (Lipinski definition) is 2. The van der Waals surface area contributed by atoms with Gasteiger partial charge in [-0.25, -0.2) is 9.59 Å². The van der Waals surface area contributed by atoms with E-state index in [1.54, 1.807) is 20.8 Å². The lowest BCUT2D eigenvalue weighted by molar-refractivity contribution is -0.119. The number of anilines is 2. The van der Waals surface area contributed by atoms with Crippen molar-refractivity contribution in [1.82, 2.24) is 0 Å². The summed E-state index contributed by atoms with van der Waals surface area (Å²) in [5.74, 6) is -3.33. The standard InChI is InChI=1S/C21H24N2O8S/c1-7-29-21(28)17-16(10(3)24)11(4)31-18(17)23-14(26)8-30-20(27)15-9(2)12(5)32-19(15)22-13(6)25/h7-8H2,1-6H3,(H,22,25)(H,23,26). The molecular formula is C21H24N2O8S. The Balaban J connectivity index is 2.19. The van der Waals surface area contributed by atoms with Crippen molar-refractivity contribution in [3.8, 4) is 0 Å². The second-order valence-corrected chi connectivity index (χ2v) is 8.03. The van der Waals surface area contributed by atoms with Gasteiger partial charge in [-0.2, -0.15) is 0 Å². The van der Waals surface area contributed by atoms with Gasteiger partial charge in [-0.3, -0.25) is 19.7 Å². The van der Waals surface area contributed by atoms with Crippen molar-refractivity contribution in [2.24, 2.45) is 0 Å². The highest BCUT2D eigenvalue weighted by atomic mass is 32.1. The zero-order valence-corrected chi connectivity index (χ0v) is 19.4. The molecule has 0 aromatic carbocycles. The molecule has 0 aliphatic rings. The van der Waals surface area contributed by atoms with Crippen LogP contribution in [0.5, 0.6) is 0 Å². The third kappa shape index (κ3) is 5.41. The van der Waals surface area contributed by atoms with Crippen LogP contribution in [-0.4, -0.2) is 42.7 Å². The lowest BCUT2D eigenvalue weighted by atomic mass is 10.1. The van der Waals surface area contributed by atoms with Crippen LogP contribution in [0.1, 0.15) is 68.0 Å². The molecule has 172 valence electrons. The number of hydrogen-bond acceptors (Lipinski definition) is 9. The molecule has 0 aliphatic carbocycles. The Hall–Kier alpha value is -3.47. The van der Waals surface area contributed by atoms with Crippen molar-refractivity contribution >= 4 is 51.8 Å². The van der Waals surface area contributed by atoms with Gasteiger partial charge >= 0.3 is 11.9 Å². The van der Waals surface area contributed by atoms with Crippen molar-refractivity contribution in [3.63, 3.8) is 0 Å². The molecule has 2 aromatic rings. The van der Waals surface area contributed by atoms with Crippen molar-refractivity contribution in [3.05, 3.63) is 32.9 Å². The number of nitrogens with one attached hydrogen (secondary N) is 2. The second kappa shape index (κ2) is 10.2. The fourth-order valence-corrected chi connectivity index (χ4v) is 4.04. The van der Waals surface area contributed by atoms with E-state index in [4.69, 9.17) is 13.9 Å². The summed E-state index contributed by atoms with van der Waals surface area (Å²) in [6.45, 7) is 8.50. The van der Waals surface area contributed by atoms with Crippen molar-refractivity contribution in [1.29, 1.82) is 0 Å². The Bertz CT molecular complexity index is 1100. The number of furan rings is 1. The van der Waals surface area contributed by atoms with Crippen molar-refractivity contribution < 1.29 is 37.9 Å². The predicted octanol–water partition coefficient (Wildman–Crippen LogP) is 3.40. The van der Waals surface area contributed by atoms with Gasteiger partial charge in [-0.15, -0.1) is 11.3 Å². The van der Waals surface area contributed by atoms with E-state index in [9.17, 15) is 24.0 Å². The zero-order chi connectivity index (χ0) is 24.2. The highest BCUT2D eigenvalue weighted by Gasteiger charge is 2.29. The third-order valence-electron chi connectivity index (χ3n) is 4.38. The first-order valence-electron chi connectivity index (χ1n) is 9.63. The first-order valence-corrected chi connectivity index (χ1v) is 10.4. The van der Waals surface area contributed by atoms with Gasteiger partial charge in [0.05, 0.1) is 17.7 Å². The molecule has 2 rings (SSSR count). The average molecular weight is 464 g/mol. The van der Waals surface area contributed by atoms with E-state index in [0.717, 1.165) is 4.88 Å². The minimum Gasteiger partial charge on any atom is -0.462 e. The molecular weight excluding hydrogens is 440 g/mol. The van der Waals surface area contributed by atoms with Gasteiger partial charge in [0.1, 0.15) is 16.3 Å². The molecule has 0 aliphatic heterocycles. The Morgan fingerprint density at radius 3 is 2.09 bits per heavy atom. The molecule has 0 saturated heterocycles. The quantitative estimate of drug-likeness (QED) is 0.447. The molecule has 2 N–H and O–H groups in total. The topological polar surface area (TPSA) is 141 Å². The van der Waals surface area contributed by atoms with E-state index in [1.807, 2.05) is 0 Å². The van der Waals surface area contributed by atoms with Crippen molar-refractivity contribution in [2.75, 3.05) is 23.8 Å². The van der Waals surface area contributed by atoms with Crippen LogP contribution in [-0.2, 0) is 19.1 Å². The SMILES string of the molecule is CCOC(=O)c1c(NC(=O)COC(=O)c2c(NC(C)=O)sc(C)c2C)oc(C)c1C(C)=O. The van der Waals surface area contributed by atoms with E-state index in [2.05, 4.69) is 10.6 Å². The number of carbonyl (C=O) groups is 5. The van der Waals surface area contributed by atoms with E-state index >= 15 is 0 Å². The van der Waals surface area contributed by atoms with Crippen molar-refractivity contribution in [2.45, 2.75) is 41.5 Å². The summed E-state index contributed by atoms with van der Waals surface area (Å²) in [5.41, 5.74) is 0.589. The normalized spacial score (nSPS) is 10.4. The van der Waals surface area contributed by atoms with Crippen LogP contribution in [0, 0.1) is 20.8 Å². The molecule has 11 heteroatoms. The minimum atomic E-state index is -0.828. The molecule has 2 heterocycles. The smallest absolute Gasteiger partial charge is 0.344 e. The first kappa shape index (κ1) is 24.8.